The highest BCUT2D eigenvalue weighted by atomic mass is 79.9. The van der Waals surface area contributed by atoms with Gasteiger partial charge >= 0.3 is 5.97 Å². The number of fused-ring (bicyclic) bond motifs is 4. The largest absolute Gasteiger partial charge is 0.427 e. The molecule has 4 aromatic carbocycles. The van der Waals surface area contributed by atoms with Gasteiger partial charge in [0.1, 0.15) is 5.75 Å². The van der Waals surface area contributed by atoms with E-state index in [1.165, 1.54) is 37.9 Å². The number of thiophene rings is 1. The summed E-state index contributed by atoms with van der Waals surface area (Å²) < 4.78 is 8.92. The standard InChI is InChI=1S/C24H15BrO2S/c1-14(26)27-17-8-4-7-15(12-17)18-10-5-11-21-22(18)20-13-16-6-2-3-9-19(16)23(25)24(20)28-21/h2-13H,1H3. The number of ether oxygens (including phenoxy) is 1. The number of carbonyl (C=O) groups is 1. The van der Waals surface area contributed by atoms with Crippen molar-refractivity contribution in [1.82, 2.24) is 0 Å². The highest BCUT2D eigenvalue weighted by molar-refractivity contribution is 9.11. The van der Waals surface area contributed by atoms with E-state index in [2.05, 4.69) is 70.5 Å². The molecule has 0 N–H and O–H groups in total. The monoisotopic (exact) mass is 446 g/mol. The van der Waals surface area contributed by atoms with Crippen molar-refractivity contribution < 1.29 is 9.53 Å². The minimum Gasteiger partial charge on any atom is -0.427 e. The molecule has 0 atom stereocenters. The third-order valence-corrected chi connectivity index (χ3v) is 7.13. The van der Waals surface area contributed by atoms with Gasteiger partial charge in [-0.05, 0) is 62.1 Å². The van der Waals surface area contributed by atoms with E-state index in [1.54, 1.807) is 17.4 Å². The van der Waals surface area contributed by atoms with Crippen molar-refractivity contribution in [3.8, 4) is 16.9 Å². The van der Waals surface area contributed by atoms with Crippen LogP contribution in [0.15, 0.2) is 77.3 Å². The quantitative estimate of drug-likeness (QED) is 0.206. The molecule has 0 saturated carbocycles. The summed E-state index contributed by atoms with van der Waals surface area (Å²) in [5.41, 5.74) is 2.17. The van der Waals surface area contributed by atoms with Crippen molar-refractivity contribution in [3.05, 3.63) is 77.3 Å². The number of halogens is 1. The van der Waals surface area contributed by atoms with Gasteiger partial charge in [-0.1, -0.05) is 48.5 Å². The lowest BCUT2D eigenvalue weighted by molar-refractivity contribution is -0.131. The van der Waals surface area contributed by atoms with Crippen LogP contribution in [0.3, 0.4) is 0 Å². The molecule has 5 aromatic rings. The number of esters is 1. The summed E-state index contributed by atoms with van der Waals surface area (Å²) in [4.78, 5) is 11.3. The van der Waals surface area contributed by atoms with E-state index in [0.717, 1.165) is 15.6 Å². The fourth-order valence-corrected chi connectivity index (χ4v) is 5.68. The molecule has 136 valence electrons. The van der Waals surface area contributed by atoms with Crippen LogP contribution in [0.5, 0.6) is 5.75 Å². The average molecular weight is 447 g/mol. The molecular weight excluding hydrogens is 432 g/mol. The normalized spacial score (nSPS) is 11.4. The summed E-state index contributed by atoms with van der Waals surface area (Å²) in [5.74, 6) is 0.250. The summed E-state index contributed by atoms with van der Waals surface area (Å²) in [7, 11) is 0. The van der Waals surface area contributed by atoms with Gasteiger partial charge in [0.15, 0.2) is 0 Å². The lowest BCUT2D eigenvalue weighted by atomic mass is 9.98. The molecule has 0 aliphatic carbocycles. The first-order valence-electron chi connectivity index (χ1n) is 8.93. The first-order valence-corrected chi connectivity index (χ1v) is 10.5. The highest BCUT2D eigenvalue weighted by Crippen LogP contribution is 2.45. The number of carbonyl (C=O) groups excluding carboxylic acids is 1. The maximum Gasteiger partial charge on any atom is 0.308 e. The van der Waals surface area contributed by atoms with E-state index in [4.69, 9.17) is 4.74 Å². The third-order valence-electron chi connectivity index (χ3n) is 4.86. The smallest absolute Gasteiger partial charge is 0.308 e. The molecule has 0 aliphatic heterocycles. The molecule has 4 heteroatoms. The Kier molecular flexibility index (Phi) is 4.18. The molecule has 1 aromatic heterocycles. The Morgan fingerprint density at radius 1 is 0.929 bits per heavy atom. The van der Waals surface area contributed by atoms with E-state index >= 15 is 0 Å². The Bertz CT molecular complexity index is 1380. The lowest BCUT2D eigenvalue weighted by Gasteiger charge is -2.08. The van der Waals surface area contributed by atoms with Crippen LogP contribution in [0.25, 0.3) is 42.1 Å². The van der Waals surface area contributed by atoms with Gasteiger partial charge in [-0.25, -0.2) is 0 Å². The van der Waals surface area contributed by atoms with Crippen LogP contribution >= 0.6 is 27.3 Å². The summed E-state index contributed by atoms with van der Waals surface area (Å²) in [5, 5.41) is 4.90. The minimum absolute atomic E-state index is 0.313. The molecule has 2 nitrogen and oxygen atoms in total. The number of rotatable bonds is 2. The minimum atomic E-state index is -0.313. The SMILES string of the molecule is CC(=O)Oc1cccc(-c2cccc3sc4c(Br)c5ccccc5cc4c23)c1. The van der Waals surface area contributed by atoms with Crippen molar-refractivity contribution in [1.29, 1.82) is 0 Å². The van der Waals surface area contributed by atoms with Gasteiger partial charge in [0.25, 0.3) is 0 Å². The predicted molar refractivity (Wildman–Crippen MR) is 121 cm³/mol. The second kappa shape index (κ2) is 6.73. The Labute approximate surface area is 174 Å². The topological polar surface area (TPSA) is 26.3 Å². The molecule has 0 saturated heterocycles. The Hall–Kier alpha value is -2.69. The van der Waals surface area contributed by atoms with E-state index in [9.17, 15) is 4.79 Å². The van der Waals surface area contributed by atoms with Crippen molar-refractivity contribution in [2.75, 3.05) is 0 Å². The molecule has 1 heterocycles. The van der Waals surface area contributed by atoms with Crippen LogP contribution in [-0.2, 0) is 4.79 Å². The highest BCUT2D eigenvalue weighted by Gasteiger charge is 2.15. The van der Waals surface area contributed by atoms with Gasteiger partial charge in [-0.2, -0.15) is 0 Å². The zero-order chi connectivity index (χ0) is 19.3. The summed E-state index contributed by atoms with van der Waals surface area (Å²) in [6, 6.07) is 24.8. The molecule has 28 heavy (non-hydrogen) atoms. The Balaban J connectivity index is 1.83. The molecule has 0 radical (unpaired) electrons. The van der Waals surface area contributed by atoms with Crippen molar-refractivity contribution in [2.24, 2.45) is 0 Å². The first-order chi connectivity index (χ1) is 13.6. The van der Waals surface area contributed by atoms with Gasteiger partial charge in [0.05, 0.1) is 4.70 Å². The maximum atomic E-state index is 11.3. The fourth-order valence-electron chi connectivity index (χ4n) is 3.71. The number of hydrogen-bond donors (Lipinski definition) is 0. The van der Waals surface area contributed by atoms with E-state index in [-0.39, 0.29) is 5.97 Å². The van der Waals surface area contributed by atoms with Crippen molar-refractivity contribution in [3.63, 3.8) is 0 Å². The molecule has 0 aliphatic rings. The fraction of sp³-hybridized carbons (Fsp3) is 0.0417. The van der Waals surface area contributed by atoms with Gasteiger partial charge < -0.3 is 4.74 Å². The molecule has 0 unspecified atom stereocenters. The zero-order valence-electron chi connectivity index (χ0n) is 15.0. The van der Waals surface area contributed by atoms with Gasteiger partial charge in [0, 0.05) is 26.9 Å². The lowest BCUT2D eigenvalue weighted by Crippen LogP contribution is -2.01. The van der Waals surface area contributed by atoms with Crippen LogP contribution in [0, 0.1) is 0 Å². The van der Waals surface area contributed by atoms with Crippen LogP contribution in [0.4, 0.5) is 0 Å². The first kappa shape index (κ1) is 17.4. The summed E-state index contributed by atoms with van der Waals surface area (Å²) >= 11 is 5.63. The van der Waals surface area contributed by atoms with E-state index < -0.39 is 0 Å². The predicted octanol–water partition coefficient (Wildman–Crippen LogP) is 7.56. The van der Waals surface area contributed by atoms with Gasteiger partial charge in [0.2, 0.25) is 0 Å². The molecule has 0 fully saturated rings. The van der Waals surface area contributed by atoms with Crippen LogP contribution in [0.1, 0.15) is 6.92 Å². The van der Waals surface area contributed by atoms with Crippen molar-refractivity contribution in [2.45, 2.75) is 6.92 Å². The zero-order valence-corrected chi connectivity index (χ0v) is 17.4. The van der Waals surface area contributed by atoms with Gasteiger partial charge in [-0.15, -0.1) is 11.3 Å². The van der Waals surface area contributed by atoms with E-state index in [0.29, 0.717) is 5.75 Å². The third kappa shape index (κ3) is 2.81. The van der Waals surface area contributed by atoms with Crippen LogP contribution in [-0.4, -0.2) is 5.97 Å². The second-order valence-corrected chi connectivity index (χ2v) is 8.54. The second-order valence-electron chi connectivity index (χ2n) is 6.69. The van der Waals surface area contributed by atoms with Gasteiger partial charge in [-0.3, -0.25) is 4.79 Å². The average Bonchev–Trinajstić information content (AvgIpc) is 3.07. The molecule has 0 amide bonds. The summed E-state index contributed by atoms with van der Waals surface area (Å²) in [6.07, 6.45) is 0. The van der Waals surface area contributed by atoms with Crippen LogP contribution < -0.4 is 4.74 Å². The number of hydrogen-bond acceptors (Lipinski definition) is 3. The Morgan fingerprint density at radius 3 is 2.61 bits per heavy atom. The van der Waals surface area contributed by atoms with Crippen LogP contribution in [0.2, 0.25) is 0 Å². The number of benzene rings is 4. The van der Waals surface area contributed by atoms with Crippen molar-refractivity contribution >= 4 is 64.2 Å². The Morgan fingerprint density at radius 2 is 1.75 bits per heavy atom. The van der Waals surface area contributed by atoms with E-state index in [1.807, 2.05) is 12.1 Å². The molecule has 5 rings (SSSR count). The molecule has 0 spiro atoms. The molecule has 0 bridgehead atoms. The maximum absolute atomic E-state index is 11.3. The molecular formula is C24H15BrO2S. The summed E-state index contributed by atoms with van der Waals surface area (Å²) in [6.45, 7) is 1.42.